The first kappa shape index (κ1) is 15.5. The molecule has 1 aliphatic heterocycles. The third-order valence-electron chi connectivity index (χ3n) is 3.78. The normalized spacial score (nSPS) is 20.6. The second-order valence-corrected chi connectivity index (χ2v) is 6.59. The second kappa shape index (κ2) is 7.11. The Hall–Kier alpha value is -0.590. The number of nitrogens with zero attached hydrogens (tertiary/aromatic N) is 3. The molecule has 0 amide bonds. The fourth-order valence-corrected chi connectivity index (χ4v) is 2.56. The number of hydrogen-bond acceptors (Lipinski definition) is 3. The minimum absolute atomic E-state index is 0.127. The SMILES string of the molecule is CCC(C#N)N1CCN(CCCC(C)(C)C)CC1. The van der Waals surface area contributed by atoms with Crippen LogP contribution < -0.4 is 0 Å². The van der Waals surface area contributed by atoms with E-state index in [1.807, 2.05) is 0 Å². The molecule has 0 radical (unpaired) electrons. The summed E-state index contributed by atoms with van der Waals surface area (Å²) < 4.78 is 0. The Bertz CT molecular complexity index is 266. The second-order valence-electron chi connectivity index (χ2n) is 6.59. The molecule has 3 nitrogen and oxygen atoms in total. The zero-order valence-corrected chi connectivity index (χ0v) is 12.6. The van der Waals surface area contributed by atoms with Gasteiger partial charge in [0.15, 0.2) is 0 Å². The van der Waals surface area contributed by atoms with E-state index in [2.05, 4.69) is 43.6 Å². The smallest absolute Gasteiger partial charge is 0.0976 e. The Labute approximate surface area is 113 Å². The highest BCUT2D eigenvalue weighted by molar-refractivity contribution is 4.92. The molecule has 1 saturated heterocycles. The van der Waals surface area contributed by atoms with Crippen LogP contribution >= 0.6 is 0 Å². The average Bonchev–Trinajstić information content (AvgIpc) is 2.31. The molecule has 0 saturated carbocycles. The van der Waals surface area contributed by atoms with E-state index >= 15 is 0 Å². The van der Waals surface area contributed by atoms with E-state index in [9.17, 15) is 0 Å². The average molecular weight is 251 g/mol. The summed E-state index contributed by atoms with van der Waals surface area (Å²) in [5.74, 6) is 0. The zero-order chi connectivity index (χ0) is 13.6. The van der Waals surface area contributed by atoms with Gasteiger partial charge >= 0.3 is 0 Å². The first-order valence-corrected chi connectivity index (χ1v) is 7.32. The van der Waals surface area contributed by atoms with E-state index in [1.54, 1.807) is 0 Å². The molecular formula is C15H29N3. The molecule has 1 atom stereocenters. The Morgan fingerprint density at radius 3 is 2.22 bits per heavy atom. The van der Waals surface area contributed by atoms with Gasteiger partial charge < -0.3 is 4.90 Å². The number of nitriles is 1. The van der Waals surface area contributed by atoms with Crippen molar-refractivity contribution in [3.63, 3.8) is 0 Å². The van der Waals surface area contributed by atoms with Gasteiger partial charge in [0, 0.05) is 26.2 Å². The molecule has 0 aliphatic carbocycles. The van der Waals surface area contributed by atoms with Crippen molar-refractivity contribution in [2.45, 2.75) is 53.0 Å². The number of hydrogen-bond donors (Lipinski definition) is 0. The van der Waals surface area contributed by atoms with Gasteiger partial charge in [0.25, 0.3) is 0 Å². The standard InChI is InChI=1S/C15H29N3/c1-5-14(13-16)18-11-9-17(10-12-18)8-6-7-15(2,3)4/h14H,5-12H2,1-4H3. The van der Waals surface area contributed by atoms with Gasteiger partial charge in [-0.15, -0.1) is 0 Å². The van der Waals surface area contributed by atoms with E-state index in [0.717, 1.165) is 32.6 Å². The predicted molar refractivity (Wildman–Crippen MR) is 76.4 cm³/mol. The van der Waals surface area contributed by atoms with Crippen LogP contribution in [0, 0.1) is 16.7 Å². The van der Waals surface area contributed by atoms with Gasteiger partial charge in [0.2, 0.25) is 0 Å². The fraction of sp³-hybridized carbons (Fsp3) is 0.933. The number of rotatable bonds is 5. The molecule has 1 heterocycles. The van der Waals surface area contributed by atoms with Crippen molar-refractivity contribution in [1.29, 1.82) is 5.26 Å². The van der Waals surface area contributed by atoms with Crippen molar-refractivity contribution in [2.24, 2.45) is 5.41 Å². The van der Waals surface area contributed by atoms with Crippen molar-refractivity contribution in [2.75, 3.05) is 32.7 Å². The van der Waals surface area contributed by atoms with Crippen LogP contribution in [0.2, 0.25) is 0 Å². The van der Waals surface area contributed by atoms with Gasteiger partial charge in [-0.1, -0.05) is 27.7 Å². The Balaban J connectivity index is 2.22. The van der Waals surface area contributed by atoms with E-state index in [0.29, 0.717) is 5.41 Å². The Morgan fingerprint density at radius 2 is 1.78 bits per heavy atom. The van der Waals surface area contributed by atoms with Crippen molar-refractivity contribution in [3.8, 4) is 6.07 Å². The van der Waals surface area contributed by atoms with Crippen molar-refractivity contribution >= 4 is 0 Å². The third kappa shape index (κ3) is 5.37. The zero-order valence-electron chi connectivity index (χ0n) is 12.6. The molecule has 0 aromatic rings. The van der Waals surface area contributed by atoms with Crippen LogP contribution in [0.15, 0.2) is 0 Å². The van der Waals surface area contributed by atoms with Crippen LogP contribution in [0.4, 0.5) is 0 Å². The third-order valence-corrected chi connectivity index (χ3v) is 3.78. The molecule has 1 fully saturated rings. The van der Waals surface area contributed by atoms with Crippen molar-refractivity contribution in [3.05, 3.63) is 0 Å². The lowest BCUT2D eigenvalue weighted by atomic mass is 9.90. The van der Waals surface area contributed by atoms with Crippen LogP contribution in [-0.4, -0.2) is 48.6 Å². The van der Waals surface area contributed by atoms with Crippen molar-refractivity contribution < 1.29 is 0 Å². The van der Waals surface area contributed by atoms with Crippen LogP contribution in [0.1, 0.15) is 47.0 Å². The molecule has 0 aromatic heterocycles. The summed E-state index contributed by atoms with van der Waals surface area (Å²) in [6.07, 6.45) is 3.53. The first-order chi connectivity index (χ1) is 8.46. The number of piperazine rings is 1. The quantitative estimate of drug-likeness (QED) is 0.752. The van der Waals surface area contributed by atoms with Crippen LogP contribution in [-0.2, 0) is 0 Å². The maximum absolute atomic E-state index is 9.07. The van der Waals surface area contributed by atoms with Crippen molar-refractivity contribution in [1.82, 2.24) is 9.80 Å². The lowest BCUT2D eigenvalue weighted by Gasteiger charge is -2.37. The molecule has 0 aromatic carbocycles. The monoisotopic (exact) mass is 251 g/mol. The maximum Gasteiger partial charge on any atom is 0.0976 e. The topological polar surface area (TPSA) is 30.3 Å². The molecule has 1 unspecified atom stereocenters. The van der Waals surface area contributed by atoms with Gasteiger partial charge in [0.05, 0.1) is 12.1 Å². The van der Waals surface area contributed by atoms with E-state index < -0.39 is 0 Å². The highest BCUT2D eigenvalue weighted by Gasteiger charge is 2.22. The summed E-state index contributed by atoms with van der Waals surface area (Å²) in [6, 6.07) is 2.53. The van der Waals surface area contributed by atoms with E-state index in [1.165, 1.54) is 19.4 Å². The molecule has 0 spiro atoms. The Morgan fingerprint density at radius 1 is 1.17 bits per heavy atom. The summed E-state index contributed by atoms with van der Waals surface area (Å²) >= 11 is 0. The summed E-state index contributed by atoms with van der Waals surface area (Å²) in [4.78, 5) is 4.88. The molecule has 0 N–H and O–H groups in total. The highest BCUT2D eigenvalue weighted by atomic mass is 15.3. The molecule has 18 heavy (non-hydrogen) atoms. The molecule has 104 valence electrons. The molecule has 1 rings (SSSR count). The van der Waals surface area contributed by atoms with E-state index in [-0.39, 0.29) is 6.04 Å². The van der Waals surface area contributed by atoms with Gasteiger partial charge in [0.1, 0.15) is 0 Å². The Kier molecular flexibility index (Phi) is 6.11. The van der Waals surface area contributed by atoms with Gasteiger partial charge in [-0.2, -0.15) is 5.26 Å². The van der Waals surface area contributed by atoms with Gasteiger partial charge in [-0.05, 0) is 31.2 Å². The minimum Gasteiger partial charge on any atom is -0.301 e. The predicted octanol–water partition coefficient (Wildman–Crippen LogP) is 2.73. The summed E-state index contributed by atoms with van der Waals surface area (Å²) in [6.45, 7) is 14.6. The van der Waals surface area contributed by atoms with Crippen LogP contribution in [0.25, 0.3) is 0 Å². The molecule has 0 bridgehead atoms. The minimum atomic E-state index is 0.127. The largest absolute Gasteiger partial charge is 0.301 e. The van der Waals surface area contributed by atoms with Gasteiger partial charge in [-0.3, -0.25) is 4.90 Å². The summed E-state index contributed by atoms with van der Waals surface area (Å²) in [5, 5.41) is 9.07. The van der Waals surface area contributed by atoms with Gasteiger partial charge in [-0.25, -0.2) is 0 Å². The summed E-state index contributed by atoms with van der Waals surface area (Å²) in [7, 11) is 0. The lowest BCUT2D eigenvalue weighted by molar-refractivity contribution is 0.109. The summed E-state index contributed by atoms with van der Waals surface area (Å²) in [5.41, 5.74) is 0.454. The molecular weight excluding hydrogens is 222 g/mol. The highest BCUT2D eigenvalue weighted by Crippen LogP contribution is 2.21. The lowest BCUT2D eigenvalue weighted by Crippen LogP contribution is -2.50. The molecule has 1 aliphatic rings. The van der Waals surface area contributed by atoms with Crippen LogP contribution in [0.5, 0.6) is 0 Å². The maximum atomic E-state index is 9.07. The first-order valence-electron chi connectivity index (χ1n) is 7.32. The molecule has 3 heteroatoms. The van der Waals surface area contributed by atoms with Crippen LogP contribution in [0.3, 0.4) is 0 Å². The van der Waals surface area contributed by atoms with E-state index in [4.69, 9.17) is 5.26 Å². The fourth-order valence-electron chi connectivity index (χ4n) is 2.56.